The summed E-state index contributed by atoms with van der Waals surface area (Å²) in [7, 11) is 0. The number of carbonyl (C=O) groups is 1. The second-order valence-electron chi connectivity index (χ2n) is 7.66. The van der Waals surface area contributed by atoms with E-state index in [2.05, 4.69) is 41.4 Å². The third kappa shape index (κ3) is 4.45. The standard InChI is InChI=1S/C24H22N4O3/c1-16-11-20-14-27(15-21(20)12-17(16)2)22-7-3-18(4-8-22)13-25-26-24(29)19-5-9-23(10-6-19)28(30)31/h3-13H,14-15H2,1-2H3,(H,26,29). The van der Waals surface area contributed by atoms with Crippen molar-refractivity contribution >= 4 is 23.5 Å². The van der Waals surface area contributed by atoms with Crippen molar-refractivity contribution in [2.24, 2.45) is 5.10 Å². The average molecular weight is 414 g/mol. The van der Waals surface area contributed by atoms with Gasteiger partial charge in [-0.1, -0.05) is 24.3 Å². The van der Waals surface area contributed by atoms with Crippen molar-refractivity contribution in [1.29, 1.82) is 0 Å². The van der Waals surface area contributed by atoms with Gasteiger partial charge in [-0.05, 0) is 65.9 Å². The fourth-order valence-corrected chi connectivity index (χ4v) is 3.62. The highest BCUT2D eigenvalue weighted by atomic mass is 16.6. The van der Waals surface area contributed by atoms with E-state index in [4.69, 9.17) is 0 Å². The molecule has 0 radical (unpaired) electrons. The minimum absolute atomic E-state index is 0.0634. The first-order valence-corrected chi connectivity index (χ1v) is 9.92. The lowest BCUT2D eigenvalue weighted by Gasteiger charge is -2.17. The highest BCUT2D eigenvalue weighted by Gasteiger charge is 2.19. The number of carbonyl (C=O) groups excluding carboxylic acids is 1. The van der Waals surface area contributed by atoms with Crippen LogP contribution >= 0.6 is 0 Å². The minimum atomic E-state index is -0.508. The van der Waals surface area contributed by atoms with Crippen molar-refractivity contribution in [3.8, 4) is 0 Å². The van der Waals surface area contributed by atoms with E-state index >= 15 is 0 Å². The SMILES string of the molecule is Cc1cc2c(cc1C)CN(c1ccc(C=NNC(=O)c3ccc([N+](=O)[O-])cc3)cc1)C2. The van der Waals surface area contributed by atoms with E-state index in [-0.39, 0.29) is 5.69 Å². The molecule has 0 saturated heterocycles. The van der Waals surface area contributed by atoms with Crippen LogP contribution < -0.4 is 10.3 Å². The molecule has 31 heavy (non-hydrogen) atoms. The molecular weight excluding hydrogens is 392 g/mol. The van der Waals surface area contributed by atoms with Crippen LogP contribution in [0, 0.1) is 24.0 Å². The highest BCUT2D eigenvalue weighted by molar-refractivity contribution is 5.95. The molecular formula is C24H22N4O3. The van der Waals surface area contributed by atoms with Gasteiger partial charge in [-0.15, -0.1) is 0 Å². The lowest BCUT2D eigenvalue weighted by Crippen LogP contribution is -2.17. The molecule has 0 atom stereocenters. The Hall–Kier alpha value is -4.00. The van der Waals surface area contributed by atoms with Crippen LogP contribution in [0.25, 0.3) is 0 Å². The normalized spacial score (nSPS) is 12.8. The summed E-state index contributed by atoms with van der Waals surface area (Å²) in [5, 5.41) is 14.7. The second kappa shape index (κ2) is 8.39. The predicted molar refractivity (Wildman–Crippen MR) is 120 cm³/mol. The van der Waals surface area contributed by atoms with Gasteiger partial charge in [0.2, 0.25) is 0 Å². The number of fused-ring (bicyclic) bond motifs is 1. The molecule has 0 aliphatic carbocycles. The number of amides is 1. The number of hydrazone groups is 1. The van der Waals surface area contributed by atoms with Crippen molar-refractivity contribution in [2.45, 2.75) is 26.9 Å². The van der Waals surface area contributed by atoms with Gasteiger partial charge in [0, 0.05) is 36.5 Å². The number of nitro benzene ring substituents is 1. The third-order valence-corrected chi connectivity index (χ3v) is 5.52. The molecule has 0 saturated carbocycles. The number of rotatable bonds is 5. The number of hydrogen-bond donors (Lipinski definition) is 1. The fraction of sp³-hybridized carbons (Fsp3) is 0.167. The van der Waals surface area contributed by atoms with E-state index in [0.29, 0.717) is 5.56 Å². The number of benzene rings is 3. The number of anilines is 1. The Morgan fingerprint density at radius 3 is 2.13 bits per heavy atom. The van der Waals surface area contributed by atoms with E-state index < -0.39 is 10.8 Å². The Labute approximate surface area is 180 Å². The van der Waals surface area contributed by atoms with Crippen molar-refractivity contribution in [3.63, 3.8) is 0 Å². The summed E-state index contributed by atoms with van der Waals surface area (Å²) >= 11 is 0. The molecule has 156 valence electrons. The van der Waals surface area contributed by atoms with E-state index in [1.54, 1.807) is 6.21 Å². The molecule has 0 aromatic heterocycles. The lowest BCUT2D eigenvalue weighted by atomic mass is 10.0. The van der Waals surface area contributed by atoms with Crippen LogP contribution in [-0.2, 0) is 13.1 Å². The molecule has 0 bridgehead atoms. The van der Waals surface area contributed by atoms with Crippen LogP contribution in [-0.4, -0.2) is 17.0 Å². The van der Waals surface area contributed by atoms with Gasteiger partial charge in [0.05, 0.1) is 11.1 Å². The van der Waals surface area contributed by atoms with Crippen LogP contribution in [0.15, 0.2) is 65.8 Å². The number of aryl methyl sites for hydroxylation is 2. The Morgan fingerprint density at radius 1 is 1.00 bits per heavy atom. The average Bonchev–Trinajstić information content (AvgIpc) is 3.17. The van der Waals surface area contributed by atoms with Crippen LogP contribution in [0.2, 0.25) is 0 Å². The van der Waals surface area contributed by atoms with Gasteiger partial charge in [0.25, 0.3) is 11.6 Å². The van der Waals surface area contributed by atoms with Crippen molar-refractivity contribution in [1.82, 2.24) is 5.43 Å². The van der Waals surface area contributed by atoms with Gasteiger partial charge in [0.1, 0.15) is 0 Å². The molecule has 3 aromatic rings. The van der Waals surface area contributed by atoms with Gasteiger partial charge >= 0.3 is 0 Å². The monoisotopic (exact) mass is 414 g/mol. The maximum Gasteiger partial charge on any atom is 0.271 e. The molecule has 7 nitrogen and oxygen atoms in total. The number of nitro groups is 1. The van der Waals surface area contributed by atoms with Crippen molar-refractivity contribution in [3.05, 3.63) is 104 Å². The minimum Gasteiger partial charge on any atom is -0.363 e. The number of hydrogen-bond acceptors (Lipinski definition) is 5. The molecule has 0 spiro atoms. The molecule has 1 N–H and O–H groups in total. The van der Waals surface area contributed by atoms with Gasteiger partial charge in [-0.25, -0.2) is 5.43 Å². The van der Waals surface area contributed by atoms with E-state index in [1.807, 2.05) is 24.3 Å². The Bertz CT molecular complexity index is 1140. The third-order valence-electron chi connectivity index (χ3n) is 5.52. The van der Waals surface area contributed by atoms with Gasteiger partial charge in [-0.2, -0.15) is 5.10 Å². The first-order chi connectivity index (χ1) is 14.9. The Balaban J connectivity index is 1.36. The first kappa shape index (κ1) is 20.3. The molecule has 1 heterocycles. The van der Waals surface area contributed by atoms with Gasteiger partial charge in [0.15, 0.2) is 0 Å². The van der Waals surface area contributed by atoms with E-state index in [9.17, 15) is 14.9 Å². The maximum atomic E-state index is 12.1. The number of non-ortho nitro benzene ring substituents is 1. The summed E-state index contributed by atoms with van der Waals surface area (Å²) in [6.07, 6.45) is 1.57. The van der Waals surface area contributed by atoms with Gasteiger partial charge < -0.3 is 4.90 Å². The molecule has 1 amide bonds. The van der Waals surface area contributed by atoms with E-state index in [0.717, 1.165) is 24.3 Å². The Kier molecular flexibility index (Phi) is 5.49. The molecule has 0 unspecified atom stereocenters. The predicted octanol–water partition coefficient (Wildman–Crippen LogP) is 4.50. The van der Waals surface area contributed by atoms with Crippen LogP contribution in [0.3, 0.4) is 0 Å². The summed E-state index contributed by atoms with van der Waals surface area (Å²) in [4.78, 5) is 24.6. The van der Waals surface area contributed by atoms with Crippen LogP contribution in [0.4, 0.5) is 11.4 Å². The van der Waals surface area contributed by atoms with E-state index in [1.165, 1.54) is 46.5 Å². The largest absolute Gasteiger partial charge is 0.363 e. The molecule has 7 heteroatoms. The molecule has 1 aliphatic rings. The first-order valence-electron chi connectivity index (χ1n) is 9.92. The fourth-order valence-electron chi connectivity index (χ4n) is 3.62. The quantitative estimate of drug-likeness (QED) is 0.378. The maximum absolute atomic E-state index is 12.1. The van der Waals surface area contributed by atoms with Crippen LogP contribution in [0.5, 0.6) is 0 Å². The van der Waals surface area contributed by atoms with Gasteiger partial charge in [-0.3, -0.25) is 14.9 Å². The zero-order valence-electron chi connectivity index (χ0n) is 17.3. The summed E-state index contributed by atoms with van der Waals surface area (Å²) < 4.78 is 0. The smallest absolute Gasteiger partial charge is 0.271 e. The summed E-state index contributed by atoms with van der Waals surface area (Å²) in [6, 6.07) is 17.9. The lowest BCUT2D eigenvalue weighted by molar-refractivity contribution is -0.384. The zero-order chi connectivity index (χ0) is 22.0. The number of nitrogens with one attached hydrogen (secondary N) is 1. The zero-order valence-corrected chi connectivity index (χ0v) is 17.3. The topological polar surface area (TPSA) is 87.8 Å². The summed E-state index contributed by atoms with van der Waals surface area (Å²) in [5.41, 5.74) is 10.1. The summed E-state index contributed by atoms with van der Waals surface area (Å²) in [5.74, 6) is -0.428. The summed E-state index contributed by atoms with van der Waals surface area (Å²) in [6.45, 7) is 6.09. The second-order valence-corrected chi connectivity index (χ2v) is 7.66. The molecule has 4 rings (SSSR count). The molecule has 3 aromatic carbocycles. The van der Waals surface area contributed by atoms with Crippen LogP contribution in [0.1, 0.15) is 38.2 Å². The molecule has 1 aliphatic heterocycles. The highest BCUT2D eigenvalue weighted by Crippen LogP contribution is 2.30. The molecule has 0 fully saturated rings. The number of nitrogens with zero attached hydrogens (tertiary/aromatic N) is 3. The van der Waals surface area contributed by atoms with Crippen molar-refractivity contribution < 1.29 is 9.72 Å². The van der Waals surface area contributed by atoms with Crippen molar-refractivity contribution in [2.75, 3.05) is 4.90 Å². The Morgan fingerprint density at radius 2 is 1.58 bits per heavy atom.